The zero-order valence-electron chi connectivity index (χ0n) is 19.4. The fourth-order valence-corrected chi connectivity index (χ4v) is 5.29. The third-order valence-electron chi connectivity index (χ3n) is 7.06. The quantitative estimate of drug-likeness (QED) is 0.578. The first-order chi connectivity index (χ1) is 16.6. The lowest BCUT2D eigenvalue weighted by atomic mass is 9.74. The van der Waals surface area contributed by atoms with E-state index in [2.05, 4.69) is 37.3 Å². The van der Waals surface area contributed by atoms with E-state index in [1.54, 1.807) is 37.6 Å². The molecule has 3 unspecified atom stereocenters. The highest BCUT2D eigenvalue weighted by atomic mass is 16.5. The molecule has 34 heavy (non-hydrogen) atoms. The van der Waals surface area contributed by atoms with Crippen LogP contribution in [0.3, 0.4) is 0 Å². The normalized spacial score (nSPS) is 21.7. The van der Waals surface area contributed by atoms with Gasteiger partial charge < -0.3 is 20.7 Å². The van der Waals surface area contributed by atoms with E-state index >= 15 is 0 Å². The van der Waals surface area contributed by atoms with Gasteiger partial charge in [-0.2, -0.15) is 0 Å². The molecule has 0 radical (unpaired) electrons. The number of carbonyl (C=O) groups excluding carboxylic acids is 1. The van der Waals surface area contributed by atoms with Crippen LogP contribution >= 0.6 is 0 Å². The molecule has 2 aromatic heterocycles. The van der Waals surface area contributed by atoms with Gasteiger partial charge in [-0.15, -0.1) is 0 Å². The lowest BCUT2D eigenvalue weighted by Crippen LogP contribution is -2.30. The van der Waals surface area contributed by atoms with E-state index in [4.69, 9.17) is 10.5 Å². The van der Waals surface area contributed by atoms with Crippen LogP contribution in [0.5, 0.6) is 5.75 Å². The fourth-order valence-electron chi connectivity index (χ4n) is 5.29. The predicted molar refractivity (Wildman–Crippen MR) is 132 cm³/mol. The lowest BCUT2D eigenvalue weighted by Gasteiger charge is -2.31. The fraction of sp³-hybridized carbons (Fsp3) is 0.385. The molecule has 3 atom stereocenters. The molecular weight excluding hydrogens is 428 g/mol. The van der Waals surface area contributed by atoms with Crippen molar-refractivity contribution < 1.29 is 9.53 Å². The van der Waals surface area contributed by atoms with Gasteiger partial charge in [-0.25, -0.2) is 15.0 Å². The number of amides is 1. The van der Waals surface area contributed by atoms with E-state index in [1.165, 1.54) is 12.8 Å². The van der Waals surface area contributed by atoms with Crippen molar-refractivity contribution >= 4 is 23.2 Å². The first-order valence-corrected chi connectivity index (χ1v) is 11.8. The van der Waals surface area contributed by atoms with Gasteiger partial charge in [0, 0.05) is 37.6 Å². The Morgan fingerprint density at radius 2 is 2.00 bits per heavy atom. The zero-order chi connectivity index (χ0) is 23.5. The molecule has 3 aromatic rings. The number of methoxy groups -OCH3 is 1. The summed E-state index contributed by atoms with van der Waals surface area (Å²) < 4.78 is 5.15. The number of anilines is 3. The second-order valence-electron chi connectivity index (χ2n) is 9.26. The second kappa shape index (κ2) is 9.67. The molecule has 8 nitrogen and oxygen atoms in total. The number of fused-ring (bicyclic) bond motifs is 4. The molecule has 6 rings (SSSR count). The summed E-state index contributed by atoms with van der Waals surface area (Å²) in [5.41, 5.74) is 7.12. The summed E-state index contributed by atoms with van der Waals surface area (Å²) in [6.07, 6.45) is 7.83. The average molecular weight is 459 g/mol. The molecule has 8 heteroatoms. The number of nitrogens with one attached hydrogen (secondary N) is 1. The minimum Gasteiger partial charge on any atom is -0.497 e. The lowest BCUT2D eigenvalue weighted by molar-refractivity contribution is 0.102. The van der Waals surface area contributed by atoms with Gasteiger partial charge in [0.25, 0.3) is 5.91 Å². The maximum Gasteiger partial charge on any atom is 0.260 e. The maximum absolute atomic E-state index is 12.7. The van der Waals surface area contributed by atoms with E-state index < -0.39 is 0 Å². The topological polar surface area (TPSA) is 106 Å². The molecule has 3 aliphatic rings. The average Bonchev–Trinajstić information content (AvgIpc) is 3.17. The number of nitrogens with zero attached hydrogens (tertiary/aromatic N) is 4. The molecule has 4 heterocycles. The van der Waals surface area contributed by atoms with Crippen LogP contribution in [0.15, 0.2) is 54.9 Å². The Bertz CT molecular complexity index is 1140. The molecule has 3 N–H and O–H groups in total. The summed E-state index contributed by atoms with van der Waals surface area (Å²) in [7, 11) is 1.60. The highest BCUT2D eigenvalue weighted by molar-refractivity contribution is 6.06. The molecule has 1 aliphatic carbocycles. The van der Waals surface area contributed by atoms with E-state index in [-0.39, 0.29) is 17.3 Å². The maximum atomic E-state index is 12.7. The highest BCUT2D eigenvalue weighted by Gasteiger charge is 2.37. The summed E-state index contributed by atoms with van der Waals surface area (Å²) >= 11 is 0. The number of pyridine rings is 1. The highest BCUT2D eigenvalue weighted by Crippen LogP contribution is 2.40. The van der Waals surface area contributed by atoms with Crippen LogP contribution in [0.1, 0.15) is 35.4 Å². The monoisotopic (exact) mass is 458 g/mol. The van der Waals surface area contributed by atoms with Crippen molar-refractivity contribution in [2.75, 3.05) is 36.1 Å². The summed E-state index contributed by atoms with van der Waals surface area (Å²) in [4.78, 5) is 28.7. The van der Waals surface area contributed by atoms with Crippen LogP contribution < -0.4 is 20.7 Å². The molecule has 1 amide bonds. The van der Waals surface area contributed by atoms with Gasteiger partial charge in [0.15, 0.2) is 0 Å². The standard InChI is InChI=1S/C26H30N6O2/c1-34-21-9-7-20(8-10-21)30-26(33)22-14-29-23(31-25(22)27)13-19-12-17-5-6-18(19)16-32(15-17)24-4-2-3-11-28-24/h2-4,7-11,14,17-19H,5-6,12-13,15-16H2,1H3,(H,30,33)(H2,27,29,31). The van der Waals surface area contributed by atoms with Gasteiger partial charge in [0.05, 0.1) is 7.11 Å². The number of nitrogen functional groups attached to an aromatic ring is 1. The Hall–Kier alpha value is -3.68. The number of ether oxygens (including phenoxy) is 1. The molecule has 3 fully saturated rings. The molecule has 2 saturated heterocycles. The number of nitrogens with two attached hydrogens (primary N) is 1. The van der Waals surface area contributed by atoms with Crippen molar-refractivity contribution in [3.8, 4) is 5.75 Å². The van der Waals surface area contributed by atoms with Crippen molar-refractivity contribution in [2.24, 2.45) is 17.8 Å². The van der Waals surface area contributed by atoms with E-state index in [9.17, 15) is 4.79 Å². The number of hydrogen-bond acceptors (Lipinski definition) is 7. The van der Waals surface area contributed by atoms with Gasteiger partial charge in [0.1, 0.15) is 28.8 Å². The SMILES string of the molecule is COc1ccc(NC(=O)c2cnc(CC3CC4CCC3CN(c3ccccn3)C4)nc2N)cc1. The number of aromatic nitrogens is 3. The summed E-state index contributed by atoms with van der Waals surface area (Å²) in [5, 5.41) is 2.84. The first-order valence-electron chi connectivity index (χ1n) is 11.8. The minimum atomic E-state index is -0.325. The predicted octanol–water partition coefficient (Wildman–Crippen LogP) is 3.81. The van der Waals surface area contributed by atoms with Gasteiger partial charge in [-0.1, -0.05) is 6.07 Å². The Balaban J connectivity index is 1.25. The Morgan fingerprint density at radius 3 is 2.74 bits per heavy atom. The van der Waals surface area contributed by atoms with E-state index in [0.717, 1.165) is 37.5 Å². The third kappa shape index (κ3) is 4.81. The summed E-state index contributed by atoms with van der Waals surface area (Å²) in [6.45, 7) is 2.06. The van der Waals surface area contributed by atoms with Gasteiger partial charge in [-0.3, -0.25) is 4.79 Å². The molecular formula is C26H30N6O2. The van der Waals surface area contributed by atoms with E-state index in [0.29, 0.717) is 29.3 Å². The molecule has 1 aromatic carbocycles. The van der Waals surface area contributed by atoms with Crippen molar-refractivity contribution in [2.45, 2.75) is 25.7 Å². The number of benzene rings is 1. The molecule has 2 bridgehead atoms. The smallest absolute Gasteiger partial charge is 0.260 e. The largest absolute Gasteiger partial charge is 0.497 e. The van der Waals surface area contributed by atoms with Gasteiger partial charge >= 0.3 is 0 Å². The van der Waals surface area contributed by atoms with E-state index in [1.807, 2.05) is 12.3 Å². The Labute approximate surface area is 199 Å². The molecule has 176 valence electrons. The molecule has 1 saturated carbocycles. The first kappa shape index (κ1) is 22.1. The second-order valence-corrected chi connectivity index (χ2v) is 9.26. The van der Waals surface area contributed by atoms with Gasteiger partial charge in [-0.05, 0) is 73.4 Å². The number of rotatable bonds is 6. The zero-order valence-corrected chi connectivity index (χ0v) is 19.4. The van der Waals surface area contributed by atoms with Crippen molar-refractivity contribution in [3.05, 3.63) is 66.2 Å². The van der Waals surface area contributed by atoms with Crippen molar-refractivity contribution in [3.63, 3.8) is 0 Å². The molecule has 2 aliphatic heterocycles. The van der Waals surface area contributed by atoms with Crippen LogP contribution in [0.4, 0.5) is 17.3 Å². The Morgan fingerprint density at radius 1 is 1.15 bits per heavy atom. The van der Waals surface area contributed by atoms with Crippen LogP contribution in [-0.4, -0.2) is 41.1 Å². The van der Waals surface area contributed by atoms with Crippen molar-refractivity contribution in [1.82, 2.24) is 15.0 Å². The van der Waals surface area contributed by atoms with Crippen LogP contribution in [0, 0.1) is 17.8 Å². The van der Waals surface area contributed by atoms with Crippen LogP contribution in [0.2, 0.25) is 0 Å². The van der Waals surface area contributed by atoms with Crippen LogP contribution in [-0.2, 0) is 6.42 Å². The Kier molecular flexibility index (Phi) is 6.29. The van der Waals surface area contributed by atoms with Gasteiger partial charge in [0.2, 0.25) is 0 Å². The van der Waals surface area contributed by atoms with Crippen LogP contribution in [0.25, 0.3) is 0 Å². The molecule has 0 spiro atoms. The van der Waals surface area contributed by atoms with Crippen molar-refractivity contribution in [1.29, 1.82) is 0 Å². The number of hydrogen-bond donors (Lipinski definition) is 2. The summed E-state index contributed by atoms with van der Waals surface area (Å²) in [6, 6.07) is 13.2. The summed E-state index contributed by atoms with van der Waals surface area (Å²) in [5.74, 6) is 4.11. The minimum absolute atomic E-state index is 0.213. The third-order valence-corrected chi connectivity index (χ3v) is 7.06. The number of carbonyl (C=O) groups is 1.